The monoisotopic (exact) mass is 438 g/mol. The van der Waals surface area contributed by atoms with Gasteiger partial charge in [0.1, 0.15) is 11.5 Å². The van der Waals surface area contributed by atoms with Crippen LogP contribution in [-0.2, 0) is 11.2 Å². The van der Waals surface area contributed by atoms with Crippen molar-refractivity contribution >= 4 is 34.8 Å². The molecule has 0 spiro atoms. The molecule has 3 aromatic rings. The van der Waals surface area contributed by atoms with Gasteiger partial charge < -0.3 is 20.1 Å². The first-order chi connectivity index (χ1) is 15.0. The third-order valence-electron chi connectivity index (χ3n) is 4.66. The molecule has 0 aliphatic heterocycles. The predicted octanol–water partition coefficient (Wildman–Crippen LogP) is 5.18. The highest BCUT2D eigenvalue weighted by Gasteiger charge is 2.12. The van der Waals surface area contributed by atoms with Gasteiger partial charge >= 0.3 is 0 Å². The fourth-order valence-corrected chi connectivity index (χ4v) is 3.16. The number of nitrogens with one attached hydrogen (secondary N) is 2. The standard InChI is InChI=1S/C24H23ClN2O4/c1-30-19-12-13-22(31-2)17(15-19)9-14-23(28)26-20-5-3-4-6-21(20)27-24(29)16-7-10-18(25)11-8-16/h3-8,10-13,15H,9,14H2,1-2H3,(H,26,28)(H,27,29). The van der Waals surface area contributed by atoms with Crippen molar-refractivity contribution in [2.24, 2.45) is 0 Å². The number of amides is 2. The Hall–Kier alpha value is -3.51. The highest BCUT2D eigenvalue weighted by atomic mass is 35.5. The highest BCUT2D eigenvalue weighted by molar-refractivity contribution is 6.30. The Labute approximate surface area is 186 Å². The molecule has 2 amide bonds. The molecule has 0 aromatic heterocycles. The van der Waals surface area contributed by atoms with E-state index in [9.17, 15) is 9.59 Å². The lowest BCUT2D eigenvalue weighted by molar-refractivity contribution is -0.116. The van der Waals surface area contributed by atoms with E-state index in [1.165, 1.54) is 0 Å². The van der Waals surface area contributed by atoms with Crippen LogP contribution >= 0.6 is 11.6 Å². The Bertz CT molecular complexity index is 1070. The quantitative estimate of drug-likeness (QED) is 0.508. The number of ether oxygens (including phenoxy) is 2. The molecular formula is C24H23ClN2O4. The summed E-state index contributed by atoms with van der Waals surface area (Å²) in [5, 5.41) is 6.24. The zero-order chi connectivity index (χ0) is 22.2. The molecule has 0 bridgehead atoms. The van der Waals surface area contributed by atoms with Crippen LogP contribution in [0.1, 0.15) is 22.3 Å². The van der Waals surface area contributed by atoms with Gasteiger partial charge in [-0.15, -0.1) is 0 Å². The minimum absolute atomic E-state index is 0.182. The number of methoxy groups -OCH3 is 2. The lowest BCUT2D eigenvalue weighted by Gasteiger charge is -2.13. The van der Waals surface area contributed by atoms with Gasteiger partial charge in [0, 0.05) is 17.0 Å². The number of hydrogen-bond donors (Lipinski definition) is 2. The molecule has 0 atom stereocenters. The third-order valence-corrected chi connectivity index (χ3v) is 4.92. The van der Waals surface area contributed by atoms with E-state index in [1.807, 2.05) is 18.2 Å². The second-order valence-electron chi connectivity index (χ2n) is 6.73. The van der Waals surface area contributed by atoms with Crippen molar-refractivity contribution in [1.29, 1.82) is 0 Å². The van der Waals surface area contributed by atoms with E-state index in [0.29, 0.717) is 39.9 Å². The number of aryl methyl sites for hydroxylation is 1. The molecule has 2 N–H and O–H groups in total. The highest BCUT2D eigenvalue weighted by Crippen LogP contribution is 2.26. The predicted molar refractivity (Wildman–Crippen MR) is 122 cm³/mol. The SMILES string of the molecule is COc1ccc(OC)c(CCC(=O)Nc2ccccc2NC(=O)c2ccc(Cl)cc2)c1. The Kier molecular flexibility index (Phi) is 7.51. The van der Waals surface area contributed by atoms with Gasteiger partial charge in [-0.1, -0.05) is 23.7 Å². The fraction of sp³-hybridized carbons (Fsp3) is 0.167. The number of carbonyl (C=O) groups excluding carboxylic acids is 2. The van der Waals surface area contributed by atoms with Crippen molar-refractivity contribution in [2.75, 3.05) is 24.9 Å². The third kappa shape index (κ3) is 5.99. The first-order valence-corrected chi connectivity index (χ1v) is 10.0. The van der Waals surface area contributed by atoms with Gasteiger partial charge in [0.05, 0.1) is 25.6 Å². The molecule has 3 rings (SSSR count). The van der Waals surface area contributed by atoms with Crippen LogP contribution in [0.5, 0.6) is 11.5 Å². The van der Waals surface area contributed by atoms with Crippen molar-refractivity contribution in [1.82, 2.24) is 0 Å². The van der Waals surface area contributed by atoms with Crippen LogP contribution in [0.25, 0.3) is 0 Å². The lowest BCUT2D eigenvalue weighted by atomic mass is 10.1. The van der Waals surface area contributed by atoms with Crippen LogP contribution in [-0.4, -0.2) is 26.0 Å². The van der Waals surface area contributed by atoms with E-state index >= 15 is 0 Å². The van der Waals surface area contributed by atoms with Gasteiger partial charge in [-0.25, -0.2) is 0 Å². The molecule has 0 saturated heterocycles. The van der Waals surface area contributed by atoms with E-state index in [2.05, 4.69) is 10.6 Å². The average Bonchev–Trinajstić information content (AvgIpc) is 2.79. The summed E-state index contributed by atoms with van der Waals surface area (Å²) in [4.78, 5) is 25.1. The second-order valence-corrected chi connectivity index (χ2v) is 7.17. The maximum Gasteiger partial charge on any atom is 0.255 e. The molecule has 0 heterocycles. The van der Waals surface area contributed by atoms with E-state index in [4.69, 9.17) is 21.1 Å². The van der Waals surface area contributed by atoms with Gasteiger partial charge in [-0.05, 0) is 66.6 Å². The summed E-state index contributed by atoms with van der Waals surface area (Å²) in [6.45, 7) is 0. The second kappa shape index (κ2) is 10.5. The van der Waals surface area contributed by atoms with Gasteiger partial charge in [-0.3, -0.25) is 9.59 Å². The van der Waals surface area contributed by atoms with E-state index in [0.717, 1.165) is 5.56 Å². The first kappa shape index (κ1) is 22.2. The average molecular weight is 439 g/mol. The van der Waals surface area contributed by atoms with Crippen molar-refractivity contribution < 1.29 is 19.1 Å². The summed E-state index contributed by atoms with van der Waals surface area (Å²) in [6.07, 6.45) is 0.717. The smallest absolute Gasteiger partial charge is 0.255 e. The topological polar surface area (TPSA) is 76.7 Å². The van der Waals surface area contributed by atoms with Gasteiger partial charge in [0.25, 0.3) is 5.91 Å². The summed E-state index contributed by atoms with van der Waals surface area (Å²) >= 11 is 5.87. The maximum atomic E-state index is 12.6. The normalized spacial score (nSPS) is 10.3. The zero-order valence-electron chi connectivity index (χ0n) is 17.3. The minimum Gasteiger partial charge on any atom is -0.497 e. The number of para-hydroxylation sites is 2. The van der Waals surface area contributed by atoms with Gasteiger partial charge in [-0.2, -0.15) is 0 Å². The van der Waals surface area contributed by atoms with Crippen LogP contribution in [0.15, 0.2) is 66.7 Å². The molecular weight excluding hydrogens is 416 g/mol. The van der Waals surface area contributed by atoms with E-state index in [-0.39, 0.29) is 18.2 Å². The van der Waals surface area contributed by atoms with E-state index in [1.54, 1.807) is 62.8 Å². The molecule has 0 unspecified atom stereocenters. The molecule has 7 heteroatoms. The molecule has 0 fully saturated rings. The van der Waals surface area contributed by atoms with Crippen molar-refractivity contribution in [3.63, 3.8) is 0 Å². The Morgan fingerprint density at radius 3 is 2.19 bits per heavy atom. The fourth-order valence-electron chi connectivity index (χ4n) is 3.04. The van der Waals surface area contributed by atoms with Gasteiger partial charge in [0.2, 0.25) is 5.91 Å². The molecule has 0 aliphatic rings. The number of rotatable bonds is 8. The molecule has 3 aromatic carbocycles. The van der Waals surface area contributed by atoms with Crippen molar-refractivity contribution in [3.05, 3.63) is 82.9 Å². The number of carbonyl (C=O) groups is 2. The lowest BCUT2D eigenvalue weighted by Crippen LogP contribution is -2.17. The molecule has 0 saturated carbocycles. The van der Waals surface area contributed by atoms with Crippen LogP contribution < -0.4 is 20.1 Å². The van der Waals surface area contributed by atoms with Crippen LogP contribution in [0.3, 0.4) is 0 Å². The Morgan fingerprint density at radius 2 is 1.55 bits per heavy atom. The Morgan fingerprint density at radius 1 is 0.871 bits per heavy atom. The molecule has 160 valence electrons. The summed E-state index contributed by atoms with van der Waals surface area (Å²) in [5.41, 5.74) is 2.37. The molecule has 31 heavy (non-hydrogen) atoms. The Balaban J connectivity index is 1.66. The van der Waals surface area contributed by atoms with Crippen LogP contribution in [0, 0.1) is 0 Å². The van der Waals surface area contributed by atoms with E-state index < -0.39 is 0 Å². The van der Waals surface area contributed by atoms with Crippen LogP contribution in [0.2, 0.25) is 5.02 Å². The summed E-state index contributed by atoms with van der Waals surface area (Å²) in [7, 11) is 3.18. The number of benzene rings is 3. The number of hydrogen-bond acceptors (Lipinski definition) is 4. The minimum atomic E-state index is -0.292. The zero-order valence-corrected chi connectivity index (χ0v) is 18.0. The van der Waals surface area contributed by atoms with Crippen molar-refractivity contribution in [3.8, 4) is 11.5 Å². The first-order valence-electron chi connectivity index (χ1n) is 9.67. The number of halogens is 1. The van der Waals surface area contributed by atoms with Gasteiger partial charge in [0.15, 0.2) is 0 Å². The maximum absolute atomic E-state index is 12.6. The van der Waals surface area contributed by atoms with Crippen LogP contribution in [0.4, 0.5) is 11.4 Å². The largest absolute Gasteiger partial charge is 0.497 e. The summed E-state index contributed by atoms with van der Waals surface area (Å²) < 4.78 is 10.6. The molecule has 0 aliphatic carbocycles. The van der Waals surface area contributed by atoms with Crippen molar-refractivity contribution in [2.45, 2.75) is 12.8 Å². The summed E-state index contributed by atoms with van der Waals surface area (Å²) in [6, 6.07) is 19.1. The molecule has 6 nitrogen and oxygen atoms in total. The molecule has 0 radical (unpaired) electrons. The summed E-state index contributed by atoms with van der Waals surface area (Å²) in [5.74, 6) is 0.924. The number of anilines is 2.